The summed E-state index contributed by atoms with van der Waals surface area (Å²) in [6.07, 6.45) is -3.35. The van der Waals surface area contributed by atoms with Crippen molar-refractivity contribution in [3.63, 3.8) is 0 Å². The van der Waals surface area contributed by atoms with Crippen LogP contribution in [0.4, 0.5) is 13.2 Å². The minimum atomic E-state index is -4.69. The van der Waals surface area contributed by atoms with E-state index in [1.165, 1.54) is 25.4 Å². The molecule has 0 amide bonds. The Bertz CT molecular complexity index is 893. The summed E-state index contributed by atoms with van der Waals surface area (Å²) in [6, 6.07) is 9.31. The predicted octanol–water partition coefficient (Wildman–Crippen LogP) is 2.73. The van der Waals surface area contributed by atoms with Gasteiger partial charge in [-0.15, -0.1) is 5.10 Å². The number of aromatic nitrogens is 4. The Morgan fingerprint density at radius 2 is 1.85 bits per heavy atom. The normalized spacial score (nSPS) is 11.4. The molecule has 0 aliphatic carbocycles. The lowest BCUT2D eigenvalue weighted by Gasteiger charge is -2.08. The predicted molar refractivity (Wildman–Crippen MR) is 88.7 cm³/mol. The number of methoxy groups -OCH3 is 1. The molecular weight excluding hydrogens is 365 g/mol. The standard InChI is InChI=1S/C17H15F3N4O3/c1-26-14-7-4-12(10-21-14)24-15(22-16(23-24)17(18,19)20)11-2-5-13(6-3-11)27-9-8-25/h2-7,10,25H,8-9H2,1H3. The van der Waals surface area contributed by atoms with E-state index < -0.39 is 12.0 Å². The molecule has 0 atom stereocenters. The molecule has 142 valence electrons. The first-order valence-corrected chi connectivity index (χ1v) is 7.81. The van der Waals surface area contributed by atoms with Gasteiger partial charge in [-0.05, 0) is 30.3 Å². The van der Waals surface area contributed by atoms with Gasteiger partial charge >= 0.3 is 6.18 Å². The highest BCUT2D eigenvalue weighted by molar-refractivity contribution is 5.59. The minimum Gasteiger partial charge on any atom is -0.491 e. The first-order chi connectivity index (χ1) is 12.9. The van der Waals surface area contributed by atoms with Gasteiger partial charge in [0.05, 0.1) is 25.6 Å². The van der Waals surface area contributed by atoms with Crippen LogP contribution in [0.15, 0.2) is 42.6 Å². The van der Waals surface area contributed by atoms with Crippen LogP contribution in [0.1, 0.15) is 5.82 Å². The van der Waals surface area contributed by atoms with Crippen LogP contribution in [-0.4, -0.2) is 45.2 Å². The van der Waals surface area contributed by atoms with E-state index in [-0.39, 0.29) is 19.0 Å². The molecule has 1 aromatic carbocycles. The molecule has 3 rings (SSSR count). The Kier molecular flexibility index (Phi) is 5.26. The van der Waals surface area contributed by atoms with Gasteiger partial charge in [-0.3, -0.25) is 0 Å². The molecule has 2 aromatic heterocycles. The van der Waals surface area contributed by atoms with Crippen LogP contribution in [0, 0.1) is 0 Å². The molecule has 1 N–H and O–H groups in total. The molecule has 0 aliphatic heterocycles. The zero-order chi connectivity index (χ0) is 19.4. The van der Waals surface area contributed by atoms with Crippen molar-refractivity contribution in [2.24, 2.45) is 0 Å². The third-order valence-corrected chi connectivity index (χ3v) is 3.51. The van der Waals surface area contributed by atoms with E-state index in [1.807, 2.05) is 0 Å². The van der Waals surface area contributed by atoms with E-state index in [0.717, 1.165) is 4.68 Å². The van der Waals surface area contributed by atoms with Gasteiger partial charge in [0.2, 0.25) is 5.88 Å². The van der Waals surface area contributed by atoms with Crippen LogP contribution < -0.4 is 9.47 Å². The monoisotopic (exact) mass is 380 g/mol. The van der Waals surface area contributed by atoms with Crippen molar-refractivity contribution >= 4 is 0 Å². The van der Waals surface area contributed by atoms with Gasteiger partial charge in [0.1, 0.15) is 12.4 Å². The van der Waals surface area contributed by atoms with E-state index in [1.54, 1.807) is 24.3 Å². The first kappa shape index (κ1) is 18.6. The van der Waals surface area contributed by atoms with E-state index in [0.29, 0.717) is 22.9 Å². The molecule has 3 aromatic rings. The van der Waals surface area contributed by atoms with Crippen molar-refractivity contribution in [2.75, 3.05) is 20.3 Å². The number of hydrogen-bond acceptors (Lipinski definition) is 6. The Labute approximate surface area is 152 Å². The molecule has 0 bridgehead atoms. The van der Waals surface area contributed by atoms with Crippen molar-refractivity contribution in [2.45, 2.75) is 6.18 Å². The third kappa shape index (κ3) is 4.17. The molecule has 0 radical (unpaired) electrons. The Hall–Kier alpha value is -3.14. The van der Waals surface area contributed by atoms with Crippen molar-refractivity contribution in [3.8, 4) is 28.7 Å². The quantitative estimate of drug-likeness (QED) is 0.708. The summed E-state index contributed by atoms with van der Waals surface area (Å²) in [5.41, 5.74) is 0.708. The van der Waals surface area contributed by atoms with Gasteiger partial charge in [0.15, 0.2) is 5.82 Å². The van der Waals surface area contributed by atoms with Crippen LogP contribution in [0.2, 0.25) is 0 Å². The number of aliphatic hydroxyl groups excluding tert-OH is 1. The number of aliphatic hydroxyl groups is 1. The Morgan fingerprint density at radius 1 is 1.11 bits per heavy atom. The van der Waals surface area contributed by atoms with E-state index in [2.05, 4.69) is 15.1 Å². The fraction of sp³-hybridized carbons (Fsp3) is 0.235. The SMILES string of the molecule is COc1ccc(-n2nc(C(F)(F)F)nc2-c2ccc(OCCO)cc2)cn1. The maximum atomic E-state index is 13.1. The largest absolute Gasteiger partial charge is 0.491 e. The van der Waals surface area contributed by atoms with Gasteiger partial charge in [-0.2, -0.15) is 13.2 Å². The van der Waals surface area contributed by atoms with Crippen LogP contribution >= 0.6 is 0 Å². The molecule has 27 heavy (non-hydrogen) atoms. The second-order valence-corrected chi connectivity index (χ2v) is 5.32. The smallest absolute Gasteiger partial charge is 0.453 e. The van der Waals surface area contributed by atoms with Gasteiger partial charge in [0.25, 0.3) is 5.82 Å². The first-order valence-electron chi connectivity index (χ1n) is 7.81. The van der Waals surface area contributed by atoms with Gasteiger partial charge in [0, 0.05) is 11.6 Å². The molecule has 0 saturated carbocycles. The Morgan fingerprint density at radius 3 is 2.41 bits per heavy atom. The molecule has 10 heteroatoms. The Balaban J connectivity index is 2.03. The van der Waals surface area contributed by atoms with Crippen LogP contribution in [0.5, 0.6) is 11.6 Å². The van der Waals surface area contributed by atoms with Crippen molar-refractivity contribution in [3.05, 3.63) is 48.4 Å². The highest BCUT2D eigenvalue weighted by Crippen LogP contribution is 2.31. The fourth-order valence-corrected chi connectivity index (χ4v) is 2.28. The molecule has 0 aliphatic rings. The van der Waals surface area contributed by atoms with Crippen molar-refractivity contribution in [1.29, 1.82) is 0 Å². The zero-order valence-electron chi connectivity index (χ0n) is 14.1. The number of alkyl halides is 3. The minimum absolute atomic E-state index is 0.00278. The topological polar surface area (TPSA) is 82.3 Å². The molecule has 0 saturated heterocycles. The highest BCUT2D eigenvalue weighted by atomic mass is 19.4. The van der Waals surface area contributed by atoms with Crippen LogP contribution in [-0.2, 0) is 6.18 Å². The number of nitrogens with zero attached hydrogens (tertiary/aromatic N) is 4. The number of rotatable bonds is 6. The average molecular weight is 380 g/mol. The van der Waals surface area contributed by atoms with Crippen molar-refractivity contribution < 1.29 is 27.8 Å². The molecule has 0 spiro atoms. The van der Waals surface area contributed by atoms with Gasteiger partial charge < -0.3 is 14.6 Å². The lowest BCUT2D eigenvalue weighted by atomic mass is 10.2. The number of halogens is 3. The fourth-order valence-electron chi connectivity index (χ4n) is 2.28. The number of hydrogen-bond donors (Lipinski definition) is 1. The van der Waals surface area contributed by atoms with Crippen LogP contribution in [0.25, 0.3) is 17.1 Å². The summed E-state index contributed by atoms with van der Waals surface area (Å²) in [6.45, 7) is -0.0270. The average Bonchev–Trinajstić information content (AvgIpc) is 3.13. The van der Waals surface area contributed by atoms with E-state index in [9.17, 15) is 13.2 Å². The summed E-state index contributed by atoms with van der Waals surface area (Å²) in [7, 11) is 1.44. The zero-order valence-corrected chi connectivity index (χ0v) is 14.1. The lowest BCUT2D eigenvalue weighted by Crippen LogP contribution is -2.08. The third-order valence-electron chi connectivity index (χ3n) is 3.51. The summed E-state index contributed by atoms with van der Waals surface area (Å²) < 4.78 is 50.6. The molecule has 0 fully saturated rings. The van der Waals surface area contributed by atoms with Crippen LogP contribution in [0.3, 0.4) is 0 Å². The summed E-state index contributed by atoms with van der Waals surface area (Å²) in [5, 5.41) is 12.4. The number of benzene rings is 1. The van der Waals surface area contributed by atoms with E-state index >= 15 is 0 Å². The summed E-state index contributed by atoms with van der Waals surface area (Å²) in [4.78, 5) is 7.64. The van der Waals surface area contributed by atoms with E-state index in [4.69, 9.17) is 14.6 Å². The van der Waals surface area contributed by atoms with Gasteiger partial charge in [-0.1, -0.05) is 0 Å². The highest BCUT2D eigenvalue weighted by Gasteiger charge is 2.37. The molecule has 7 nitrogen and oxygen atoms in total. The summed E-state index contributed by atoms with van der Waals surface area (Å²) in [5.74, 6) is -0.459. The molecular formula is C17H15F3N4O3. The maximum Gasteiger partial charge on any atom is 0.453 e. The lowest BCUT2D eigenvalue weighted by molar-refractivity contribution is -0.144. The summed E-state index contributed by atoms with van der Waals surface area (Å²) >= 11 is 0. The van der Waals surface area contributed by atoms with Crippen molar-refractivity contribution in [1.82, 2.24) is 19.7 Å². The second-order valence-electron chi connectivity index (χ2n) is 5.32. The number of pyridine rings is 1. The second kappa shape index (κ2) is 7.62. The number of ether oxygens (including phenoxy) is 2. The van der Waals surface area contributed by atoms with Gasteiger partial charge in [-0.25, -0.2) is 14.6 Å². The molecule has 0 unspecified atom stereocenters. The maximum absolute atomic E-state index is 13.1. The molecule has 2 heterocycles.